The molecule has 6 nitrogen and oxygen atoms in total. The van der Waals surface area contributed by atoms with Gasteiger partial charge in [-0.25, -0.2) is 4.79 Å². The predicted molar refractivity (Wildman–Crippen MR) is 85.8 cm³/mol. The van der Waals surface area contributed by atoms with Crippen LogP contribution in [-0.2, 0) is 0 Å². The fourth-order valence-corrected chi connectivity index (χ4v) is 1.97. The Labute approximate surface area is 134 Å². The van der Waals surface area contributed by atoms with Gasteiger partial charge in [-0.2, -0.15) is 0 Å². The molecule has 2 N–H and O–H groups in total. The van der Waals surface area contributed by atoms with Gasteiger partial charge in [-0.05, 0) is 55.3 Å². The van der Waals surface area contributed by atoms with Gasteiger partial charge in [0.25, 0.3) is 0 Å². The van der Waals surface area contributed by atoms with Gasteiger partial charge in [-0.3, -0.25) is 0 Å². The first-order chi connectivity index (χ1) is 11.0. The lowest BCUT2D eigenvalue weighted by Gasteiger charge is -2.12. The molecule has 2 amide bonds. The molecule has 0 heterocycles. The van der Waals surface area contributed by atoms with Crippen molar-refractivity contribution in [2.75, 3.05) is 17.2 Å². The number of urea groups is 1. The number of amides is 2. The molecule has 0 spiro atoms. The van der Waals surface area contributed by atoms with Crippen molar-refractivity contribution in [3.63, 3.8) is 0 Å². The number of hydrogen-bond donors (Lipinski definition) is 2. The van der Waals surface area contributed by atoms with E-state index >= 15 is 0 Å². The van der Waals surface area contributed by atoms with Gasteiger partial charge in [0, 0.05) is 11.4 Å². The van der Waals surface area contributed by atoms with Crippen molar-refractivity contribution in [3.8, 4) is 5.75 Å². The molecule has 0 saturated carbocycles. The third-order valence-electron chi connectivity index (χ3n) is 3.14. The van der Waals surface area contributed by atoms with Gasteiger partial charge in [-0.1, -0.05) is 12.1 Å². The summed E-state index contributed by atoms with van der Waals surface area (Å²) in [5, 5.41) is 16.2. The van der Waals surface area contributed by atoms with E-state index in [0.29, 0.717) is 18.0 Å². The molecule has 0 bridgehead atoms. The van der Waals surface area contributed by atoms with Gasteiger partial charge >= 0.3 is 6.03 Å². The number of hydrogen-bond acceptors (Lipinski definition) is 4. The quantitative estimate of drug-likeness (QED) is 0.887. The number of carboxylic acids is 1. The first kappa shape index (κ1) is 16.4. The van der Waals surface area contributed by atoms with Crippen molar-refractivity contribution >= 4 is 23.4 Å². The van der Waals surface area contributed by atoms with E-state index in [-0.39, 0.29) is 5.56 Å². The monoisotopic (exact) mass is 313 g/mol. The molecule has 2 aromatic rings. The van der Waals surface area contributed by atoms with Crippen LogP contribution in [0.25, 0.3) is 0 Å². The molecule has 0 radical (unpaired) electrons. The Morgan fingerprint density at radius 2 is 1.78 bits per heavy atom. The molecule has 0 aliphatic heterocycles. The lowest BCUT2D eigenvalue weighted by Crippen LogP contribution is -2.23. The molecule has 23 heavy (non-hydrogen) atoms. The molecule has 0 saturated heterocycles. The summed E-state index contributed by atoms with van der Waals surface area (Å²) in [5.74, 6) is -0.573. The van der Waals surface area contributed by atoms with Crippen molar-refractivity contribution in [1.82, 2.24) is 0 Å². The molecule has 0 fully saturated rings. The van der Waals surface area contributed by atoms with Crippen LogP contribution in [0.4, 0.5) is 16.2 Å². The minimum Gasteiger partial charge on any atom is -0.545 e. The first-order valence-electron chi connectivity index (χ1n) is 7.12. The van der Waals surface area contributed by atoms with E-state index in [4.69, 9.17) is 4.74 Å². The van der Waals surface area contributed by atoms with Gasteiger partial charge in [-0.15, -0.1) is 0 Å². The predicted octanol–water partition coefficient (Wildman–Crippen LogP) is 2.40. The summed E-state index contributed by atoms with van der Waals surface area (Å²) in [7, 11) is 0. The summed E-state index contributed by atoms with van der Waals surface area (Å²) in [6.45, 7) is 4.23. The molecule has 2 rings (SSSR count). The largest absolute Gasteiger partial charge is 0.545 e. The minimum atomic E-state index is -1.29. The molecule has 0 aliphatic carbocycles. The number of rotatable bonds is 5. The van der Waals surface area contributed by atoms with Gasteiger partial charge < -0.3 is 25.3 Å². The third kappa shape index (κ3) is 4.47. The standard InChI is InChI=1S/C17H18N2O4/c1-3-23-14-8-6-13(7-9-14)18-17(22)19-15-10-12(16(20)21)5-4-11(15)2/h4-10H,3H2,1-2H3,(H,20,21)(H2,18,19,22)/p-1. The van der Waals surface area contributed by atoms with Crippen LogP contribution in [0.1, 0.15) is 22.8 Å². The van der Waals surface area contributed by atoms with Gasteiger partial charge in [0.1, 0.15) is 5.75 Å². The number of carbonyl (C=O) groups is 2. The average Bonchev–Trinajstić information content (AvgIpc) is 2.51. The number of carbonyl (C=O) groups excluding carboxylic acids is 2. The van der Waals surface area contributed by atoms with Gasteiger partial charge in [0.15, 0.2) is 0 Å². The summed E-state index contributed by atoms with van der Waals surface area (Å²) in [6, 6.07) is 10.9. The molecule has 120 valence electrons. The molecule has 2 aromatic carbocycles. The van der Waals surface area contributed by atoms with Crippen LogP contribution in [0.5, 0.6) is 5.75 Å². The number of ether oxygens (including phenoxy) is 1. The Hall–Kier alpha value is -3.02. The van der Waals surface area contributed by atoms with Crippen LogP contribution in [0.15, 0.2) is 42.5 Å². The van der Waals surface area contributed by atoms with Crippen LogP contribution in [0.2, 0.25) is 0 Å². The number of aryl methyl sites for hydroxylation is 1. The molecular weight excluding hydrogens is 296 g/mol. The lowest BCUT2D eigenvalue weighted by molar-refractivity contribution is -0.255. The normalized spacial score (nSPS) is 10.0. The summed E-state index contributed by atoms with van der Waals surface area (Å²) < 4.78 is 5.32. The van der Waals surface area contributed by atoms with Crippen molar-refractivity contribution < 1.29 is 19.4 Å². The van der Waals surface area contributed by atoms with Crippen LogP contribution >= 0.6 is 0 Å². The van der Waals surface area contributed by atoms with E-state index in [9.17, 15) is 14.7 Å². The molecule has 6 heteroatoms. The van der Waals surface area contributed by atoms with E-state index in [1.807, 2.05) is 6.92 Å². The van der Waals surface area contributed by atoms with Gasteiger partial charge in [0.2, 0.25) is 0 Å². The summed E-state index contributed by atoms with van der Waals surface area (Å²) in [4.78, 5) is 22.9. The Morgan fingerprint density at radius 3 is 2.39 bits per heavy atom. The SMILES string of the molecule is CCOc1ccc(NC(=O)Nc2cc(C(=O)[O-])ccc2C)cc1. The Balaban J connectivity index is 2.04. The van der Waals surface area contributed by atoms with E-state index in [1.165, 1.54) is 12.1 Å². The second-order valence-corrected chi connectivity index (χ2v) is 4.85. The second kappa shape index (κ2) is 7.31. The maximum absolute atomic E-state index is 12.0. The minimum absolute atomic E-state index is 0.00645. The van der Waals surface area contributed by atoms with E-state index < -0.39 is 12.0 Å². The number of aromatic carboxylic acids is 1. The van der Waals surface area contributed by atoms with E-state index in [1.54, 1.807) is 37.3 Å². The molecule has 0 aromatic heterocycles. The van der Waals surface area contributed by atoms with Crippen molar-refractivity contribution in [2.45, 2.75) is 13.8 Å². The molecule has 0 aliphatic rings. The van der Waals surface area contributed by atoms with Crippen LogP contribution in [0, 0.1) is 6.92 Å². The topological polar surface area (TPSA) is 90.5 Å². The summed E-state index contributed by atoms with van der Waals surface area (Å²) in [5.41, 5.74) is 1.76. The van der Waals surface area contributed by atoms with Crippen LogP contribution in [0.3, 0.4) is 0 Å². The van der Waals surface area contributed by atoms with Crippen molar-refractivity contribution in [1.29, 1.82) is 0 Å². The molecular formula is C17H17N2O4-. The maximum Gasteiger partial charge on any atom is 0.323 e. The summed E-state index contributed by atoms with van der Waals surface area (Å²) in [6.07, 6.45) is 0. The number of carboxylic acid groups (broad SMARTS) is 1. The fourth-order valence-electron chi connectivity index (χ4n) is 1.97. The fraction of sp³-hybridized carbons (Fsp3) is 0.176. The molecule has 0 unspecified atom stereocenters. The average molecular weight is 313 g/mol. The third-order valence-corrected chi connectivity index (χ3v) is 3.14. The van der Waals surface area contributed by atoms with Gasteiger partial charge in [0.05, 0.1) is 12.6 Å². The number of anilines is 2. The summed E-state index contributed by atoms with van der Waals surface area (Å²) >= 11 is 0. The highest BCUT2D eigenvalue weighted by Gasteiger charge is 2.07. The zero-order chi connectivity index (χ0) is 16.8. The van der Waals surface area contributed by atoms with Crippen LogP contribution in [-0.4, -0.2) is 18.6 Å². The van der Waals surface area contributed by atoms with Crippen molar-refractivity contribution in [2.24, 2.45) is 0 Å². The van der Waals surface area contributed by atoms with Crippen molar-refractivity contribution in [3.05, 3.63) is 53.6 Å². The second-order valence-electron chi connectivity index (χ2n) is 4.85. The molecule has 0 atom stereocenters. The van der Waals surface area contributed by atoms with E-state index in [0.717, 1.165) is 11.3 Å². The highest BCUT2D eigenvalue weighted by Crippen LogP contribution is 2.18. The van der Waals surface area contributed by atoms with E-state index in [2.05, 4.69) is 10.6 Å². The highest BCUT2D eigenvalue weighted by molar-refractivity contribution is 6.01. The first-order valence-corrected chi connectivity index (χ1v) is 7.12. The Kier molecular flexibility index (Phi) is 5.19. The number of nitrogens with one attached hydrogen (secondary N) is 2. The van der Waals surface area contributed by atoms with Crippen LogP contribution < -0.4 is 20.5 Å². The zero-order valence-corrected chi connectivity index (χ0v) is 12.9. The maximum atomic E-state index is 12.0. The lowest BCUT2D eigenvalue weighted by atomic mass is 10.1. The smallest absolute Gasteiger partial charge is 0.323 e. The Morgan fingerprint density at radius 1 is 1.09 bits per heavy atom. The highest BCUT2D eigenvalue weighted by atomic mass is 16.5. The zero-order valence-electron chi connectivity index (χ0n) is 12.9. The number of benzene rings is 2. The Bertz CT molecular complexity index is 711.